The van der Waals surface area contributed by atoms with Crippen LogP contribution in [-0.2, 0) is 20.7 Å². The van der Waals surface area contributed by atoms with Crippen molar-refractivity contribution in [2.24, 2.45) is 0 Å². The number of methoxy groups -OCH3 is 1. The Morgan fingerprint density at radius 1 is 1.29 bits per heavy atom. The first kappa shape index (κ1) is 22.3. The highest BCUT2D eigenvalue weighted by molar-refractivity contribution is 7.18. The van der Waals surface area contributed by atoms with Crippen molar-refractivity contribution in [1.29, 1.82) is 0 Å². The lowest BCUT2D eigenvalue weighted by Gasteiger charge is -2.21. The maximum Gasteiger partial charge on any atom is 0.350 e. The van der Waals surface area contributed by atoms with Gasteiger partial charge in [0.15, 0.2) is 5.13 Å². The molecular formula is C24H20N2O6S2. The maximum absolute atomic E-state index is 13.2. The van der Waals surface area contributed by atoms with Gasteiger partial charge < -0.3 is 14.6 Å². The molecule has 10 heteroatoms. The number of aromatic nitrogens is 1. The third-order valence-electron chi connectivity index (χ3n) is 5.79. The molecule has 5 rings (SSSR count). The van der Waals surface area contributed by atoms with Crippen molar-refractivity contribution in [2.45, 2.75) is 32.4 Å². The van der Waals surface area contributed by atoms with Crippen molar-refractivity contribution >= 4 is 51.2 Å². The zero-order valence-corrected chi connectivity index (χ0v) is 20.2. The average molecular weight is 497 g/mol. The summed E-state index contributed by atoms with van der Waals surface area (Å²) in [6.07, 6.45) is 0.717. The molecule has 1 aromatic carbocycles. The number of hydrogen-bond donors (Lipinski definition) is 1. The molecule has 2 aliphatic rings. The lowest BCUT2D eigenvalue weighted by Crippen LogP contribution is -2.29. The standard InChI is InChI=1S/C24H20N2O6S2/c1-11-9-14-10-13(6-7-15(14)32-11)19(27)17-18(16-5-4-8-33-16)26(22(29)20(17)28)24-25-12(2)21(34-24)23(30)31-3/h4-8,10-11,18,27H,9H2,1-3H3. The van der Waals surface area contributed by atoms with Gasteiger partial charge in [-0.2, -0.15) is 0 Å². The van der Waals surface area contributed by atoms with Crippen LogP contribution in [0.3, 0.4) is 0 Å². The fourth-order valence-corrected chi connectivity index (χ4v) is 6.07. The molecule has 34 heavy (non-hydrogen) atoms. The second-order valence-electron chi connectivity index (χ2n) is 8.04. The van der Waals surface area contributed by atoms with Gasteiger partial charge in [0.2, 0.25) is 0 Å². The molecule has 2 aliphatic heterocycles. The lowest BCUT2D eigenvalue weighted by atomic mass is 9.98. The topological polar surface area (TPSA) is 106 Å². The highest BCUT2D eigenvalue weighted by atomic mass is 32.1. The molecule has 4 heterocycles. The number of ether oxygens (including phenoxy) is 2. The number of fused-ring (bicyclic) bond motifs is 1. The number of amides is 1. The zero-order valence-electron chi connectivity index (χ0n) is 18.5. The highest BCUT2D eigenvalue weighted by Gasteiger charge is 2.49. The molecule has 1 N–H and O–H groups in total. The number of nitrogens with zero attached hydrogens (tertiary/aromatic N) is 2. The Bertz CT molecular complexity index is 1360. The van der Waals surface area contributed by atoms with Gasteiger partial charge in [-0.3, -0.25) is 14.5 Å². The summed E-state index contributed by atoms with van der Waals surface area (Å²) < 4.78 is 10.5. The molecular weight excluding hydrogens is 476 g/mol. The number of ketones is 1. The van der Waals surface area contributed by atoms with Gasteiger partial charge in [0.05, 0.1) is 18.4 Å². The number of thiophene rings is 1. The van der Waals surface area contributed by atoms with E-state index in [4.69, 9.17) is 9.47 Å². The third kappa shape index (κ3) is 3.50. The van der Waals surface area contributed by atoms with Crippen LogP contribution in [0.5, 0.6) is 5.75 Å². The molecule has 8 nitrogen and oxygen atoms in total. The number of anilines is 1. The molecule has 0 bridgehead atoms. The minimum Gasteiger partial charge on any atom is -0.507 e. The Morgan fingerprint density at radius 3 is 2.79 bits per heavy atom. The van der Waals surface area contributed by atoms with E-state index >= 15 is 0 Å². The van der Waals surface area contributed by atoms with Crippen LogP contribution in [0.15, 0.2) is 41.3 Å². The molecule has 2 atom stereocenters. The van der Waals surface area contributed by atoms with Crippen LogP contribution < -0.4 is 9.64 Å². The molecule has 0 saturated carbocycles. The van der Waals surface area contributed by atoms with Crippen molar-refractivity contribution in [3.63, 3.8) is 0 Å². The minimum absolute atomic E-state index is 0.0214. The Hall–Kier alpha value is -3.50. The van der Waals surface area contributed by atoms with Gasteiger partial charge in [0.25, 0.3) is 5.78 Å². The van der Waals surface area contributed by atoms with Gasteiger partial charge >= 0.3 is 11.9 Å². The molecule has 1 amide bonds. The van der Waals surface area contributed by atoms with Crippen molar-refractivity contribution in [3.8, 4) is 5.75 Å². The number of thiazole rings is 1. The molecule has 174 valence electrons. The summed E-state index contributed by atoms with van der Waals surface area (Å²) in [6.45, 7) is 3.59. The van der Waals surface area contributed by atoms with Crippen molar-refractivity contribution in [2.75, 3.05) is 12.0 Å². The van der Waals surface area contributed by atoms with E-state index in [1.807, 2.05) is 12.3 Å². The fraction of sp³-hybridized carbons (Fsp3) is 0.250. The van der Waals surface area contributed by atoms with Crippen molar-refractivity contribution < 1.29 is 29.0 Å². The SMILES string of the molecule is COC(=O)c1sc(N2C(=O)C(=O)C(=C(O)c3ccc4c(c3)CC(C)O4)C2c2cccs2)nc1C. The number of esters is 1. The van der Waals surface area contributed by atoms with Gasteiger partial charge in [-0.1, -0.05) is 17.4 Å². The second-order valence-corrected chi connectivity index (χ2v) is 10.00. The Labute approximate surface area is 203 Å². The first-order chi connectivity index (χ1) is 16.3. The number of aliphatic hydroxyl groups is 1. The monoisotopic (exact) mass is 496 g/mol. The Kier molecular flexibility index (Phi) is 5.49. The summed E-state index contributed by atoms with van der Waals surface area (Å²) in [7, 11) is 1.27. The van der Waals surface area contributed by atoms with E-state index in [0.29, 0.717) is 22.6 Å². The van der Waals surface area contributed by atoms with Crippen LogP contribution in [0.4, 0.5) is 5.13 Å². The van der Waals surface area contributed by atoms with Gasteiger partial charge in [-0.15, -0.1) is 11.3 Å². The summed E-state index contributed by atoms with van der Waals surface area (Å²) in [5.41, 5.74) is 1.73. The first-order valence-electron chi connectivity index (χ1n) is 10.5. The molecule has 3 aromatic rings. The lowest BCUT2D eigenvalue weighted by molar-refractivity contribution is -0.132. The molecule has 1 fully saturated rings. The van der Waals surface area contributed by atoms with Crippen LogP contribution in [0.1, 0.15) is 44.3 Å². The predicted molar refractivity (Wildman–Crippen MR) is 128 cm³/mol. The minimum atomic E-state index is -0.875. The number of benzene rings is 1. The summed E-state index contributed by atoms with van der Waals surface area (Å²) in [5.74, 6) is -1.72. The van der Waals surface area contributed by atoms with E-state index in [1.54, 1.807) is 37.3 Å². The van der Waals surface area contributed by atoms with Crippen molar-refractivity contribution in [3.05, 3.63) is 67.9 Å². The van der Waals surface area contributed by atoms with Gasteiger partial charge in [-0.05, 0) is 49.1 Å². The second kappa shape index (κ2) is 8.37. The Morgan fingerprint density at radius 2 is 2.09 bits per heavy atom. The molecule has 2 aromatic heterocycles. The first-order valence-corrected chi connectivity index (χ1v) is 12.2. The van der Waals surface area contributed by atoms with E-state index in [0.717, 1.165) is 22.6 Å². The number of carbonyl (C=O) groups excluding carboxylic acids is 3. The van der Waals surface area contributed by atoms with Crippen LogP contribution in [-0.4, -0.2) is 41.0 Å². The molecule has 1 saturated heterocycles. The number of carbonyl (C=O) groups is 3. The van der Waals surface area contributed by atoms with Crippen LogP contribution in [0.2, 0.25) is 0 Å². The number of hydrogen-bond acceptors (Lipinski definition) is 9. The molecule has 0 radical (unpaired) electrons. The predicted octanol–water partition coefficient (Wildman–Crippen LogP) is 4.25. The van der Waals surface area contributed by atoms with E-state index in [-0.39, 0.29) is 27.4 Å². The average Bonchev–Trinajstić information content (AvgIpc) is 3.59. The van der Waals surface area contributed by atoms with Crippen LogP contribution >= 0.6 is 22.7 Å². The number of aryl methyl sites for hydroxylation is 1. The molecule has 0 spiro atoms. The highest BCUT2D eigenvalue weighted by Crippen LogP contribution is 2.45. The van der Waals surface area contributed by atoms with Gasteiger partial charge in [-0.25, -0.2) is 9.78 Å². The molecule has 2 unspecified atom stereocenters. The number of aliphatic hydroxyl groups excluding tert-OH is 1. The summed E-state index contributed by atoms with van der Waals surface area (Å²) >= 11 is 2.33. The smallest absolute Gasteiger partial charge is 0.350 e. The summed E-state index contributed by atoms with van der Waals surface area (Å²) in [4.78, 5) is 45.1. The van der Waals surface area contributed by atoms with Gasteiger partial charge in [0, 0.05) is 16.9 Å². The molecule has 0 aliphatic carbocycles. The maximum atomic E-state index is 13.2. The number of Topliss-reactive ketones (excluding diaryl/α,β-unsaturated/α-hetero) is 1. The summed E-state index contributed by atoms with van der Waals surface area (Å²) in [6, 6.07) is 7.95. The largest absolute Gasteiger partial charge is 0.507 e. The fourth-order valence-electron chi connectivity index (χ4n) is 4.24. The normalized spacial score (nSPS) is 21.0. The van der Waals surface area contributed by atoms with Gasteiger partial charge in [0.1, 0.15) is 28.5 Å². The van der Waals surface area contributed by atoms with E-state index < -0.39 is 23.7 Å². The van der Waals surface area contributed by atoms with Crippen LogP contribution in [0.25, 0.3) is 5.76 Å². The quantitative estimate of drug-likeness (QED) is 0.249. The third-order valence-corrected chi connectivity index (χ3v) is 7.85. The van der Waals surface area contributed by atoms with Crippen LogP contribution in [0, 0.1) is 6.92 Å². The van der Waals surface area contributed by atoms with Crippen molar-refractivity contribution in [1.82, 2.24) is 4.98 Å². The van der Waals surface area contributed by atoms with E-state index in [9.17, 15) is 19.5 Å². The number of rotatable bonds is 4. The van der Waals surface area contributed by atoms with E-state index in [1.165, 1.54) is 23.3 Å². The van der Waals surface area contributed by atoms with E-state index in [2.05, 4.69) is 4.98 Å². The summed E-state index contributed by atoms with van der Waals surface area (Å²) in [5, 5.41) is 13.3. The zero-order chi connectivity index (χ0) is 24.1. The Balaban J connectivity index is 1.65.